The Hall–Kier alpha value is -1.33. The van der Waals surface area contributed by atoms with E-state index in [1.165, 1.54) is 6.07 Å². The lowest BCUT2D eigenvalue weighted by Crippen LogP contribution is -2.40. The Morgan fingerprint density at radius 2 is 2.29 bits per heavy atom. The molecule has 0 spiro atoms. The van der Waals surface area contributed by atoms with Crippen molar-refractivity contribution < 1.29 is 13.9 Å². The van der Waals surface area contributed by atoms with E-state index < -0.39 is 5.82 Å². The van der Waals surface area contributed by atoms with E-state index in [0.29, 0.717) is 13.2 Å². The molecule has 0 bridgehead atoms. The highest BCUT2D eigenvalue weighted by Crippen LogP contribution is 2.26. The third-order valence-corrected chi connectivity index (χ3v) is 4.39. The summed E-state index contributed by atoms with van der Waals surface area (Å²) in [5, 5.41) is 3.21. The van der Waals surface area contributed by atoms with E-state index in [1.807, 2.05) is 0 Å². The first kappa shape index (κ1) is 14.6. The molecule has 0 radical (unpaired) electrons. The van der Waals surface area contributed by atoms with Gasteiger partial charge in [0.2, 0.25) is 5.91 Å². The molecule has 0 aromatic heterocycles. The largest absolute Gasteiger partial charge is 0.381 e. The van der Waals surface area contributed by atoms with Crippen molar-refractivity contribution in [2.75, 3.05) is 31.2 Å². The van der Waals surface area contributed by atoms with Crippen LogP contribution in [0.3, 0.4) is 0 Å². The molecule has 0 unspecified atom stereocenters. The molecule has 1 amide bonds. The quantitative estimate of drug-likeness (QED) is 0.930. The number of amides is 1. The summed E-state index contributed by atoms with van der Waals surface area (Å²) in [5.74, 6) is -0.346. The molecule has 1 N–H and O–H groups in total. The molecule has 1 aromatic carbocycles. The third kappa shape index (κ3) is 3.30. The topological polar surface area (TPSA) is 41.6 Å². The summed E-state index contributed by atoms with van der Waals surface area (Å²) in [6, 6.07) is 4.85. The molecule has 6 heteroatoms. The highest BCUT2D eigenvalue weighted by atomic mass is 35.5. The molecule has 2 heterocycles. The Kier molecular flexibility index (Phi) is 4.31. The van der Waals surface area contributed by atoms with Crippen molar-refractivity contribution in [1.29, 1.82) is 0 Å². The number of rotatable bonds is 3. The minimum Gasteiger partial charge on any atom is -0.381 e. The SMILES string of the molecule is O=C(N[C@H]1CCN(c2ccc(F)c(Cl)c2)C1)[C@H]1CCOC1. The smallest absolute Gasteiger partial charge is 0.225 e. The van der Waals surface area contributed by atoms with E-state index in [4.69, 9.17) is 16.3 Å². The van der Waals surface area contributed by atoms with E-state index >= 15 is 0 Å². The van der Waals surface area contributed by atoms with E-state index in [9.17, 15) is 9.18 Å². The maximum atomic E-state index is 13.2. The Labute approximate surface area is 128 Å². The summed E-state index contributed by atoms with van der Waals surface area (Å²) in [5.41, 5.74) is 0.891. The van der Waals surface area contributed by atoms with Crippen molar-refractivity contribution in [3.8, 4) is 0 Å². The van der Waals surface area contributed by atoms with Gasteiger partial charge in [-0.2, -0.15) is 0 Å². The predicted octanol–water partition coefficient (Wildman–Crippen LogP) is 2.21. The van der Waals surface area contributed by atoms with Crippen LogP contribution in [0.25, 0.3) is 0 Å². The number of anilines is 1. The number of ether oxygens (including phenoxy) is 1. The summed E-state index contributed by atoms with van der Waals surface area (Å²) in [6.45, 7) is 2.74. The standard InChI is InChI=1S/C15H18ClFN2O2/c16-13-7-12(1-2-14(13)17)19-5-3-11(8-19)18-15(20)10-4-6-21-9-10/h1-2,7,10-11H,3-6,8-9H2,(H,18,20)/t10-,11-/m0/s1. The van der Waals surface area contributed by atoms with Gasteiger partial charge in [-0.3, -0.25) is 4.79 Å². The monoisotopic (exact) mass is 312 g/mol. The Morgan fingerprint density at radius 3 is 3.00 bits per heavy atom. The number of halogens is 2. The Bertz CT molecular complexity index is 534. The zero-order valence-electron chi connectivity index (χ0n) is 11.6. The first-order chi connectivity index (χ1) is 10.1. The van der Waals surface area contributed by atoms with E-state index in [-0.39, 0.29) is 22.9 Å². The minimum absolute atomic E-state index is 0.0145. The van der Waals surface area contributed by atoms with Gasteiger partial charge in [0.25, 0.3) is 0 Å². The molecule has 0 saturated carbocycles. The second-order valence-corrected chi connectivity index (χ2v) is 6.01. The average molecular weight is 313 g/mol. The zero-order chi connectivity index (χ0) is 14.8. The van der Waals surface area contributed by atoms with Crippen LogP contribution in [0.1, 0.15) is 12.8 Å². The lowest BCUT2D eigenvalue weighted by Gasteiger charge is -2.20. The molecule has 114 valence electrons. The maximum Gasteiger partial charge on any atom is 0.225 e. The third-order valence-electron chi connectivity index (χ3n) is 4.10. The number of hydrogen-bond acceptors (Lipinski definition) is 3. The first-order valence-corrected chi connectivity index (χ1v) is 7.59. The number of carbonyl (C=O) groups is 1. The molecule has 2 aliphatic rings. The normalized spacial score (nSPS) is 25.3. The summed E-state index contributed by atoms with van der Waals surface area (Å²) >= 11 is 5.81. The predicted molar refractivity (Wildman–Crippen MR) is 79.1 cm³/mol. The lowest BCUT2D eigenvalue weighted by molar-refractivity contribution is -0.125. The van der Waals surface area contributed by atoms with Gasteiger partial charge in [0.05, 0.1) is 17.5 Å². The summed E-state index contributed by atoms with van der Waals surface area (Å²) in [4.78, 5) is 14.2. The summed E-state index contributed by atoms with van der Waals surface area (Å²) in [7, 11) is 0. The maximum absolute atomic E-state index is 13.2. The Morgan fingerprint density at radius 1 is 1.43 bits per heavy atom. The fourth-order valence-electron chi connectivity index (χ4n) is 2.85. The molecule has 2 saturated heterocycles. The van der Waals surface area contributed by atoms with Crippen molar-refractivity contribution in [3.05, 3.63) is 29.0 Å². The van der Waals surface area contributed by atoms with Crippen molar-refractivity contribution >= 4 is 23.2 Å². The number of nitrogens with one attached hydrogen (secondary N) is 1. The molecule has 21 heavy (non-hydrogen) atoms. The fourth-order valence-corrected chi connectivity index (χ4v) is 3.03. The summed E-state index contributed by atoms with van der Waals surface area (Å²) < 4.78 is 18.4. The molecule has 2 atom stereocenters. The van der Waals surface area contributed by atoms with Crippen molar-refractivity contribution in [2.24, 2.45) is 5.92 Å². The van der Waals surface area contributed by atoms with Crippen LogP contribution in [-0.2, 0) is 9.53 Å². The van der Waals surface area contributed by atoms with Crippen molar-refractivity contribution in [3.63, 3.8) is 0 Å². The van der Waals surface area contributed by atoms with Crippen LogP contribution in [0.15, 0.2) is 18.2 Å². The van der Waals surface area contributed by atoms with Crippen molar-refractivity contribution in [1.82, 2.24) is 5.32 Å². The molecule has 4 nitrogen and oxygen atoms in total. The van der Waals surface area contributed by atoms with E-state index in [0.717, 1.165) is 31.6 Å². The van der Waals surface area contributed by atoms with Gasteiger partial charge in [0, 0.05) is 31.4 Å². The second-order valence-electron chi connectivity index (χ2n) is 5.60. The molecular formula is C15H18ClFN2O2. The van der Waals surface area contributed by atoms with Gasteiger partial charge < -0.3 is 15.0 Å². The fraction of sp³-hybridized carbons (Fsp3) is 0.533. The molecular weight excluding hydrogens is 295 g/mol. The first-order valence-electron chi connectivity index (χ1n) is 7.21. The average Bonchev–Trinajstić information content (AvgIpc) is 3.12. The van der Waals surface area contributed by atoms with Crippen LogP contribution >= 0.6 is 11.6 Å². The zero-order valence-corrected chi connectivity index (χ0v) is 12.4. The van der Waals surface area contributed by atoms with Gasteiger partial charge >= 0.3 is 0 Å². The van der Waals surface area contributed by atoms with E-state index in [2.05, 4.69) is 10.2 Å². The van der Waals surface area contributed by atoms with Gasteiger partial charge in [0.15, 0.2) is 0 Å². The van der Waals surface area contributed by atoms with Crippen molar-refractivity contribution in [2.45, 2.75) is 18.9 Å². The van der Waals surface area contributed by atoms with Gasteiger partial charge in [0.1, 0.15) is 5.82 Å². The highest BCUT2D eigenvalue weighted by Gasteiger charge is 2.29. The van der Waals surface area contributed by atoms with Crippen LogP contribution in [0, 0.1) is 11.7 Å². The van der Waals surface area contributed by atoms with Crippen LogP contribution < -0.4 is 10.2 Å². The molecule has 0 aliphatic carbocycles. The van der Waals surface area contributed by atoms with Crippen LogP contribution in [0.5, 0.6) is 0 Å². The van der Waals surface area contributed by atoms with Crippen LogP contribution in [0.4, 0.5) is 10.1 Å². The number of benzene rings is 1. The molecule has 2 aliphatic heterocycles. The van der Waals surface area contributed by atoms with Gasteiger partial charge in [-0.15, -0.1) is 0 Å². The molecule has 3 rings (SSSR count). The number of carbonyl (C=O) groups excluding carboxylic acids is 1. The van der Waals surface area contributed by atoms with Gasteiger partial charge in [-0.05, 0) is 31.0 Å². The Balaban J connectivity index is 1.57. The van der Waals surface area contributed by atoms with Crippen LogP contribution in [0.2, 0.25) is 5.02 Å². The lowest BCUT2D eigenvalue weighted by atomic mass is 10.1. The van der Waals surface area contributed by atoms with Crippen LogP contribution in [-0.4, -0.2) is 38.3 Å². The number of nitrogens with zero attached hydrogens (tertiary/aromatic N) is 1. The summed E-state index contributed by atoms with van der Waals surface area (Å²) in [6.07, 6.45) is 1.68. The van der Waals surface area contributed by atoms with Gasteiger partial charge in [-0.1, -0.05) is 11.6 Å². The second kappa shape index (κ2) is 6.20. The minimum atomic E-state index is -0.411. The van der Waals surface area contributed by atoms with E-state index in [1.54, 1.807) is 12.1 Å². The molecule has 2 fully saturated rings. The highest BCUT2D eigenvalue weighted by molar-refractivity contribution is 6.31. The number of hydrogen-bond donors (Lipinski definition) is 1. The van der Waals surface area contributed by atoms with Gasteiger partial charge in [-0.25, -0.2) is 4.39 Å². The molecule has 1 aromatic rings.